The van der Waals surface area contributed by atoms with E-state index in [4.69, 9.17) is 10.00 Å². The molecular formula is C11H8F3NO. The van der Waals surface area contributed by atoms with E-state index in [0.717, 1.165) is 0 Å². The molecule has 2 unspecified atom stereocenters. The first-order valence-corrected chi connectivity index (χ1v) is 4.71. The van der Waals surface area contributed by atoms with Gasteiger partial charge in [0, 0.05) is 0 Å². The van der Waals surface area contributed by atoms with Crippen molar-refractivity contribution in [2.45, 2.75) is 18.2 Å². The lowest BCUT2D eigenvalue weighted by Gasteiger charge is -2.29. The van der Waals surface area contributed by atoms with Gasteiger partial charge in [-0.25, -0.2) is 0 Å². The molecule has 1 heterocycles. The van der Waals surface area contributed by atoms with E-state index in [-0.39, 0.29) is 5.56 Å². The van der Waals surface area contributed by atoms with Crippen LogP contribution in [0.25, 0.3) is 0 Å². The molecule has 0 radical (unpaired) electrons. The Morgan fingerprint density at radius 1 is 1.25 bits per heavy atom. The van der Waals surface area contributed by atoms with Gasteiger partial charge in [-0.2, -0.15) is 18.4 Å². The van der Waals surface area contributed by atoms with E-state index in [2.05, 4.69) is 0 Å². The predicted octanol–water partition coefficient (Wildman–Crippen LogP) is 2.93. The Kier molecular flexibility index (Phi) is 2.60. The van der Waals surface area contributed by atoms with Crippen LogP contribution in [0.2, 0.25) is 0 Å². The molecule has 84 valence electrons. The monoisotopic (exact) mass is 227 g/mol. The molecule has 5 heteroatoms. The Labute approximate surface area is 90.3 Å². The van der Waals surface area contributed by atoms with Gasteiger partial charge in [-0.1, -0.05) is 24.3 Å². The summed E-state index contributed by atoms with van der Waals surface area (Å²) in [6.45, 7) is -0.487. The van der Waals surface area contributed by atoms with Crippen LogP contribution in [0.1, 0.15) is 23.1 Å². The lowest BCUT2D eigenvalue weighted by atomic mass is 9.89. The zero-order chi connectivity index (χ0) is 11.8. The lowest BCUT2D eigenvalue weighted by Crippen LogP contribution is -2.31. The third kappa shape index (κ3) is 1.76. The number of fused-ring (bicyclic) bond motifs is 1. The highest BCUT2D eigenvalue weighted by Crippen LogP contribution is 2.42. The molecule has 1 aromatic carbocycles. The standard InChI is InChI=1S/C11H8F3NO/c12-11(13,14)9-6-16-10(5-15)8-4-2-1-3-7(8)9/h1-4,9-10H,6H2. The number of rotatable bonds is 0. The SMILES string of the molecule is N#CC1OCC(C(F)(F)F)c2ccccc21. The molecule has 1 aromatic rings. The average molecular weight is 227 g/mol. The quantitative estimate of drug-likeness (QED) is 0.682. The second-order valence-electron chi connectivity index (χ2n) is 3.57. The van der Waals surface area contributed by atoms with Crippen LogP contribution in [0.4, 0.5) is 13.2 Å². The van der Waals surface area contributed by atoms with Gasteiger partial charge in [0.2, 0.25) is 0 Å². The molecule has 0 amide bonds. The van der Waals surface area contributed by atoms with Gasteiger partial charge >= 0.3 is 6.18 Å². The molecule has 0 bridgehead atoms. The molecule has 2 rings (SSSR count). The summed E-state index contributed by atoms with van der Waals surface area (Å²) in [5, 5.41) is 8.77. The molecule has 2 atom stereocenters. The Morgan fingerprint density at radius 3 is 2.44 bits per heavy atom. The maximum atomic E-state index is 12.7. The molecule has 0 aromatic heterocycles. The van der Waals surface area contributed by atoms with E-state index in [0.29, 0.717) is 5.56 Å². The van der Waals surface area contributed by atoms with Gasteiger partial charge in [0.1, 0.15) is 5.92 Å². The zero-order valence-electron chi connectivity index (χ0n) is 8.16. The number of benzene rings is 1. The number of hydrogen-bond acceptors (Lipinski definition) is 2. The van der Waals surface area contributed by atoms with Gasteiger partial charge in [0.15, 0.2) is 6.10 Å². The maximum absolute atomic E-state index is 12.7. The van der Waals surface area contributed by atoms with Crippen LogP contribution in [0.15, 0.2) is 24.3 Å². The first kappa shape index (κ1) is 11.0. The Bertz CT molecular complexity index is 436. The topological polar surface area (TPSA) is 33.0 Å². The molecule has 0 spiro atoms. The molecule has 1 aliphatic rings. The Hall–Kier alpha value is -1.54. The highest BCUT2D eigenvalue weighted by Gasteiger charge is 2.45. The number of alkyl halides is 3. The lowest BCUT2D eigenvalue weighted by molar-refractivity contribution is -0.169. The van der Waals surface area contributed by atoms with Crippen molar-refractivity contribution in [2.75, 3.05) is 6.61 Å². The Morgan fingerprint density at radius 2 is 1.88 bits per heavy atom. The first-order valence-electron chi connectivity index (χ1n) is 4.71. The highest BCUT2D eigenvalue weighted by atomic mass is 19.4. The molecule has 1 aliphatic heterocycles. The van der Waals surface area contributed by atoms with Crippen molar-refractivity contribution in [3.8, 4) is 6.07 Å². The molecular weight excluding hydrogens is 219 g/mol. The molecule has 0 aliphatic carbocycles. The number of halogens is 3. The van der Waals surface area contributed by atoms with Crippen LogP contribution in [0.5, 0.6) is 0 Å². The second-order valence-corrected chi connectivity index (χ2v) is 3.57. The van der Waals surface area contributed by atoms with Crippen LogP contribution in [-0.2, 0) is 4.74 Å². The van der Waals surface area contributed by atoms with Crippen molar-refractivity contribution >= 4 is 0 Å². The normalized spacial score (nSPS) is 24.6. The fourth-order valence-electron chi connectivity index (χ4n) is 1.82. The minimum atomic E-state index is -4.34. The van der Waals surface area contributed by atoms with Gasteiger partial charge in [0.25, 0.3) is 0 Å². The van der Waals surface area contributed by atoms with Crippen molar-refractivity contribution in [1.29, 1.82) is 5.26 Å². The van der Waals surface area contributed by atoms with Crippen molar-refractivity contribution in [2.24, 2.45) is 0 Å². The first-order chi connectivity index (χ1) is 7.54. The fraction of sp³-hybridized carbons (Fsp3) is 0.364. The van der Waals surface area contributed by atoms with Crippen LogP contribution >= 0.6 is 0 Å². The van der Waals surface area contributed by atoms with E-state index >= 15 is 0 Å². The van der Waals surface area contributed by atoms with Crippen LogP contribution in [0.3, 0.4) is 0 Å². The zero-order valence-corrected chi connectivity index (χ0v) is 8.16. The van der Waals surface area contributed by atoms with E-state index in [1.807, 2.05) is 6.07 Å². The van der Waals surface area contributed by atoms with Crippen LogP contribution in [-0.4, -0.2) is 12.8 Å². The smallest absolute Gasteiger partial charge is 0.358 e. The van der Waals surface area contributed by atoms with Crippen LogP contribution < -0.4 is 0 Å². The maximum Gasteiger partial charge on any atom is 0.397 e. The van der Waals surface area contributed by atoms with Gasteiger partial charge in [-0.15, -0.1) is 0 Å². The summed E-state index contributed by atoms with van der Waals surface area (Å²) >= 11 is 0. The summed E-state index contributed by atoms with van der Waals surface area (Å²) < 4.78 is 43.0. The van der Waals surface area contributed by atoms with Crippen molar-refractivity contribution < 1.29 is 17.9 Å². The number of nitriles is 1. The van der Waals surface area contributed by atoms with E-state index in [1.54, 1.807) is 6.07 Å². The fourth-order valence-corrected chi connectivity index (χ4v) is 1.82. The Balaban J connectivity index is 2.48. The largest absolute Gasteiger partial charge is 0.397 e. The third-order valence-electron chi connectivity index (χ3n) is 2.60. The van der Waals surface area contributed by atoms with Gasteiger partial charge in [-0.05, 0) is 11.1 Å². The molecule has 2 nitrogen and oxygen atoms in total. The summed E-state index contributed by atoms with van der Waals surface area (Å²) in [7, 11) is 0. The summed E-state index contributed by atoms with van der Waals surface area (Å²) in [6, 6.07) is 7.89. The summed E-state index contributed by atoms with van der Waals surface area (Å²) in [4.78, 5) is 0. The number of nitrogens with zero attached hydrogens (tertiary/aromatic N) is 1. The second kappa shape index (κ2) is 3.80. The summed E-state index contributed by atoms with van der Waals surface area (Å²) in [5.74, 6) is -1.63. The minimum absolute atomic E-state index is 0.146. The average Bonchev–Trinajstić information content (AvgIpc) is 2.26. The number of ether oxygens (including phenoxy) is 1. The van der Waals surface area contributed by atoms with Crippen molar-refractivity contribution in [3.05, 3.63) is 35.4 Å². The van der Waals surface area contributed by atoms with Gasteiger partial charge in [0.05, 0.1) is 12.7 Å². The van der Waals surface area contributed by atoms with Gasteiger partial charge in [-0.3, -0.25) is 0 Å². The molecule has 0 fully saturated rings. The van der Waals surface area contributed by atoms with Crippen molar-refractivity contribution in [1.82, 2.24) is 0 Å². The van der Waals surface area contributed by atoms with Crippen LogP contribution in [0, 0.1) is 11.3 Å². The number of hydrogen-bond donors (Lipinski definition) is 0. The predicted molar refractivity (Wildman–Crippen MR) is 49.5 cm³/mol. The van der Waals surface area contributed by atoms with E-state index in [9.17, 15) is 13.2 Å². The van der Waals surface area contributed by atoms with Gasteiger partial charge < -0.3 is 4.74 Å². The molecule has 0 saturated carbocycles. The van der Waals surface area contributed by atoms with E-state index < -0.39 is 24.8 Å². The third-order valence-corrected chi connectivity index (χ3v) is 2.60. The molecule has 16 heavy (non-hydrogen) atoms. The highest BCUT2D eigenvalue weighted by molar-refractivity contribution is 5.37. The molecule has 0 saturated heterocycles. The van der Waals surface area contributed by atoms with E-state index in [1.165, 1.54) is 18.2 Å². The minimum Gasteiger partial charge on any atom is -0.358 e. The molecule has 0 N–H and O–H groups in total. The summed E-state index contributed by atoms with van der Waals surface area (Å²) in [6.07, 6.45) is -5.23. The summed E-state index contributed by atoms with van der Waals surface area (Å²) in [5.41, 5.74) is 0.464. The van der Waals surface area contributed by atoms with Crippen molar-refractivity contribution in [3.63, 3.8) is 0 Å².